The Hall–Kier alpha value is -1.39. The predicted molar refractivity (Wildman–Crippen MR) is 73.7 cm³/mol. The fraction of sp³-hybridized carbons (Fsp3) is 0.357. The molecule has 1 aliphatic carbocycles. The molecular weight excluding hydrogens is 244 g/mol. The summed E-state index contributed by atoms with van der Waals surface area (Å²) in [4.78, 5) is 5.65. The monoisotopic (exact) mass is 260 g/mol. The highest BCUT2D eigenvalue weighted by atomic mass is 32.1. The van der Waals surface area contributed by atoms with E-state index in [0.717, 1.165) is 25.0 Å². The summed E-state index contributed by atoms with van der Waals surface area (Å²) in [7, 11) is 1.79. The molecule has 0 fully saturated rings. The molecule has 1 heterocycles. The van der Waals surface area contributed by atoms with Crippen LogP contribution in [-0.2, 0) is 23.2 Å². The molecule has 4 heteroatoms. The van der Waals surface area contributed by atoms with E-state index in [2.05, 4.69) is 29.2 Å². The second kappa shape index (κ2) is 4.37. The van der Waals surface area contributed by atoms with Gasteiger partial charge >= 0.3 is 0 Å². The first-order chi connectivity index (χ1) is 8.73. The van der Waals surface area contributed by atoms with E-state index in [1.54, 1.807) is 18.4 Å². The number of thiazole rings is 1. The minimum absolute atomic E-state index is 0.215. The van der Waals surface area contributed by atoms with Crippen molar-refractivity contribution >= 4 is 16.5 Å². The third-order valence-electron chi connectivity index (χ3n) is 3.70. The number of hydrogen-bond donors (Lipinski definition) is 1. The van der Waals surface area contributed by atoms with E-state index >= 15 is 0 Å². The molecule has 2 aromatic rings. The minimum Gasteiger partial charge on any atom is -0.375 e. The first kappa shape index (κ1) is 11.7. The Balaban J connectivity index is 2.01. The van der Waals surface area contributed by atoms with E-state index < -0.39 is 0 Å². The van der Waals surface area contributed by atoms with E-state index in [9.17, 15) is 0 Å². The normalized spacial score (nSPS) is 22.7. The van der Waals surface area contributed by atoms with Crippen LogP contribution < -0.4 is 5.73 Å². The number of methoxy groups -OCH3 is 1. The zero-order valence-electron chi connectivity index (χ0n) is 10.3. The number of rotatable bonds is 2. The topological polar surface area (TPSA) is 48.1 Å². The van der Waals surface area contributed by atoms with Crippen LogP contribution in [0.1, 0.15) is 22.6 Å². The predicted octanol–water partition coefficient (Wildman–Crippen LogP) is 2.76. The maximum atomic E-state index is 5.87. The molecule has 1 aromatic heterocycles. The van der Waals surface area contributed by atoms with Crippen LogP contribution in [0.15, 0.2) is 30.3 Å². The van der Waals surface area contributed by atoms with E-state index in [4.69, 9.17) is 10.5 Å². The summed E-state index contributed by atoms with van der Waals surface area (Å²) in [6.45, 7) is 0. The van der Waals surface area contributed by atoms with Gasteiger partial charge in [0.25, 0.3) is 0 Å². The molecular formula is C14H16N2OS. The number of nitrogen functional groups attached to an aromatic ring is 1. The first-order valence-electron chi connectivity index (χ1n) is 6.08. The lowest BCUT2D eigenvalue weighted by atomic mass is 9.81. The van der Waals surface area contributed by atoms with Crippen LogP contribution in [0.25, 0.3) is 0 Å². The minimum atomic E-state index is -0.215. The maximum Gasteiger partial charge on any atom is 0.180 e. The van der Waals surface area contributed by atoms with Gasteiger partial charge in [0.2, 0.25) is 0 Å². The molecule has 2 N–H and O–H groups in total. The maximum absolute atomic E-state index is 5.87. The van der Waals surface area contributed by atoms with Crippen LogP contribution in [0, 0.1) is 0 Å². The van der Waals surface area contributed by atoms with Crippen LogP contribution in [-0.4, -0.2) is 12.1 Å². The summed E-state index contributed by atoms with van der Waals surface area (Å²) in [6.07, 6.45) is 2.77. The van der Waals surface area contributed by atoms with Gasteiger partial charge in [0.05, 0.1) is 11.3 Å². The Morgan fingerprint density at radius 1 is 1.33 bits per heavy atom. The Bertz CT molecular complexity index is 552. The van der Waals surface area contributed by atoms with Crippen molar-refractivity contribution in [2.75, 3.05) is 12.8 Å². The van der Waals surface area contributed by atoms with Gasteiger partial charge in [0, 0.05) is 18.4 Å². The van der Waals surface area contributed by atoms with Gasteiger partial charge in [0.15, 0.2) is 5.13 Å². The number of fused-ring (bicyclic) bond motifs is 1. The molecule has 94 valence electrons. The molecule has 18 heavy (non-hydrogen) atoms. The van der Waals surface area contributed by atoms with Gasteiger partial charge < -0.3 is 10.5 Å². The first-order valence-corrected chi connectivity index (χ1v) is 6.90. The van der Waals surface area contributed by atoms with Crippen LogP contribution in [0.3, 0.4) is 0 Å². The fourth-order valence-electron chi connectivity index (χ4n) is 2.69. The zero-order valence-corrected chi connectivity index (χ0v) is 11.2. The summed E-state index contributed by atoms with van der Waals surface area (Å²) in [5.74, 6) is 0. The highest BCUT2D eigenvalue weighted by Gasteiger charge is 2.37. The standard InChI is InChI=1S/C14H16N2OS/c1-17-14(10-5-3-2-4-6-10)8-7-11-12(9-14)18-13(15)16-11/h2-6H,7-9H2,1H3,(H2,15,16). The Morgan fingerprint density at radius 2 is 2.11 bits per heavy atom. The lowest BCUT2D eigenvalue weighted by Crippen LogP contribution is -2.34. The van der Waals surface area contributed by atoms with Crippen LogP contribution in [0.2, 0.25) is 0 Å². The van der Waals surface area contributed by atoms with Gasteiger partial charge in [-0.05, 0) is 18.4 Å². The van der Waals surface area contributed by atoms with Gasteiger partial charge in [-0.15, -0.1) is 11.3 Å². The zero-order chi connectivity index (χ0) is 12.6. The van der Waals surface area contributed by atoms with E-state index in [0.29, 0.717) is 5.13 Å². The summed E-state index contributed by atoms with van der Waals surface area (Å²) in [5.41, 5.74) is 7.97. The van der Waals surface area contributed by atoms with Crippen molar-refractivity contribution in [1.29, 1.82) is 0 Å². The molecule has 3 rings (SSSR count). The van der Waals surface area contributed by atoms with Crippen molar-refractivity contribution in [2.45, 2.75) is 24.9 Å². The molecule has 0 radical (unpaired) electrons. The summed E-state index contributed by atoms with van der Waals surface area (Å²) in [6, 6.07) is 10.4. The number of anilines is 1. The Labute approximate surface area is 111 Å². The van der Waals surface area contributed by atoms with Crippen molar-refractivity contribution in [3.63, 3.8) is 0 Å². The highest BCUT2D eigenvalue weighted by molar-refractivity contribution is 7.15. The molecule has 0 amide bonds. The van der Waals surface area contributed by atoms with Crippen LogP contribution in [0.4, 0.5) is 5.13 Å². The van der Waals surface area contributed by atoms with Crippen molar-refractivity contribution in [2.24, 2.45) is 0 Å². The van der Waals surface area contributed by atoms with Crippen molar-refractivity contribution in [3.8, 4) is 0 Å². The molecule has 0 bridgehead atoms. The van der Waals surface area contributed by atoms with E-state index in [1.165, 1.54) is 10.4 Å². The number of aromatic nitrogens is 1. The van der Waals surface area contributed by atoms with Gasteiger partial charge in [-0.25, -0.2) is 4.98 Å². The van der Waals surface area contributed by atoms with E-state index in [1.807, 2.05) is 6.07 Å². The number of ether oxygens (including phenoxy) is 1. The largest absolute Gasteiger partial charge is 0.375 e. The van der Waals surface area contributed by atoms with Crippen LogP contribution >= 0.6 is 11.3 Å². The Kier molecular flexibility index (Phi) is 2.84. The number of aryl methyl sites for hydroxylation is 1. The highest BCUT2D eigenvalue weighted by Crippen LogP contribution is 2.41. The van der Waals surface area contributed by atoms with Gasteiger partial charge in [0.1, 0.15) is 0 Å². The average molecular weight is 260 g/mol. The molecule has 1 aliphatic rings. The SMILES string of the molecule is COC1(c2ccccc2)CCc2nc(N)sc2C1. The smallest absolute Gasteiger partial charge is 0.180 e. The van der Waals surface area contributed by atoms with E-state index in [-0.39, 0.29) is 5.60 Å². The van der Waals surface area contributed by atoms with Gasteiger partial charge in [-0.2, -0.15) is 0 Å². The lowest BCUT2D eigenvalue weighted by molar-refractivity contribution is -0.0259. The quantitative estimate of drug-likeness (QED) is 0.903. The molecule has 0 saturated heterocycles. The third-order valence-corrected chi connectivity index (χ3v) is 4.62. The number of benzene rings is 1. The molecule has 3 nitrogen and oxygen atoms in total. The molecule has 0 saturated carbocycles. The van der Waals surface area contributed by atoms with Gasteiger partial charge in [-0.1, -0.05) is 30.3 Å². The molecule has 1 aromatic carbocycles. The van der Waals surface area contributed by atoms with Crippen molar-refractivity contribution in [1.82, 2.24) is 4.98 Å². The number of nitrogens with zero attached hydrogens (tertiary/aromatic N) is 1. The lowest BCUT2D eigenvalue weighted by Gasteiger charge is -2.35. The van der Waals surface area contributed by atoms with Crippen LogP contribution in [0.5, 0.6) is 0 Å². The number of hydrogen-bond acceptors (Lipinski definition) is 4. The number of nitrogens with two attached hydrogens (primary N) is 1. The molecule has 1 atom stereocenters. The average Bonchev–Trinajstić information content (AvgIpc) is 2.78. The summed E-state index contributed by atoms with van der Waals surface area (Å²) in [5, 5.41) is 0.667. The fourth-order valence-corrected chi connectivity index (χ4v) is 3.66. The Morgan fingerprint density at radius 3 is 2.83 bits per heavy atom. The molecule has 0 spiro atoms. The third kappa shape index (κ3) is 1.82. The van der Waals surface area contributed by atoms with Crippen molar-refractivity contribution in [3.05, 3.63) is 46.5 Å². The second-order valence-corrected chi connectivity index (χ2v) is 5.78. The van der Waals surface area contributed by atoms with Gasteiger partial charge in [-0.3, -0.25) is 0 Å². The summed E-state index contributed by atoms with van der Waals surface area (Å²) < 4.78 is 5.87. The molecule has 0 aliphatic heterocycles. The van der Waals surface area contributed by atoms with Crippen molar-refractivity contribution < 1.29 is 4.74 Å². The molecule has 1 unspecified atom stereocenters. The summed E-state index contributed by atoms with van der Waals surface area (Å²) >= 11 is 1.59. The second-order valence-electron chi connectivity index (χ2n) is 4.66.